The fourth-order valence-electron chi connectivity index (χ4n) is 1.12. The number of pyridine rings is 1. The topological polar surface area (TPSA) is 39.9 Å². The van der Waals surface area contributed by atoms with E-state index in [1.165, 1.54) is 0 Å². The molecule has 1 heterocycles. The van der Waals surface area contributed by atoms with Gasteiger partial charge >= 0.3 is 6.18 Å². The molecule has 0 N–H and O–H groups in total. The summed E-state index contributed by atoms with van der Waals surface area (Å²) in [6.07, 6.45) is -4.48. The summed E-state index contributed by atoms with van der Waals surface area (Å²) in [6.45, 7) is 0.702. The van der Waals surface area contributed by atoms with Crippen LogP contribution in [0.25, 0.3) is 0 Å². The van der Waals surface area contributed by atoms with Crippen molar-refractivity contribution in [1.29, 1.82) is 5.26 Å². The molecule has 0 saturated heterocycles. The maximum absolute atomic E-state index is 12.5. The Morgan fingerprint density at radius 2 is 2.06 bits per heavy atom. The van der Waals surface area contributed by atoms with Crippen LogP contribution in [0.3, 0.4) is 0 Å². The van der Waals surface area contributed by atoms with Crippen LogP contribution in [0.5, 0.6) is 0 Å². The normalized spacial score (nSPS) is 11.6. The minimum atomic E-state index is -4.48. The second-order valence-electron chi connectivity index (χ2n) is 3.81. The van der Waals surface area contributed by atoms with Crippen LogP contribution in [0.2, 0.25) is 0 Å². The Hall–Kier alpha value is -1.26. The summed E-state index contributed by atoms with van der Waals surface area (Å²) >= 11 is 1.15. The third kappa shape index (κ3) is 4.20. The number of halogens is 3. The molecular weight excluding hydrogens is 263 g/mol. The zero-order valence-corrected chi connectivity index (χ0v) is 10.8. The van der Waals surface area contributed by atoms with Gasteiger partial charge in [-0.25, -0.2) is 4.98 Å². The van der Waals surface area contributed by atoms with Gasteiger partial charge in [0.1, 0.15) is 16.8 Å². The predicted molar refractivity (Wildman–Crippen MR) is 63.2 cm³/mol. The first-order valence-corrected chi connectivity index (χ1v) is 6.09. The Kier molecular flexibility index (Phi) is 4.99. The highest BCUT2D eigenvalue weighted by atomic mass is 32.2. The Morgan fingerprint density at radius 1 is 1.39 bits per heavy atom. The molecular formula is C11H12F3N3S. The van der Waals surface area contributed by atoms with Gasteiger partial charge < -0.3 is 4.90 Å². The number of rotatable bonds is 4. The molecule has 1 rings (SSSR count). The molecule has 0 saturated carbocycles. The lowest BCUT2D eigenvalue weighted by molar-refractivity contribution is -0.141. The molecule has 98 valence electrons. The van der Waals surface area contributed by atoms with Gasteiger partial charge in [-0.2, -0.15) is 18.4 Å². The zero-order valence-electron chi connectivity index (χ0n) is 9.95. The molecule has 18 heavy (non-hydrogen) atoms. The lowest BCUT2D eigenvalue weighted by atomic mass is 10.2. The van der Waals surface area contributed by atoms with E-state index in [4.69, 9.17) is 5.26 Å². The van der Waals surface area contributed by atoms with E-state index >= 15 is 0 Å². The first-order valence-electron chi connectivity index (χ1n) is 5.10. The van der Waals surface area contributed by atoms with Gasteiger partial charge in [0.25, 0.3) is 0 Å². The molecule has 0 aromatic carbocycles. The molecule has 0 unspecified atom stereocenters. The summed E-state index contributed by atoms with van der Waals surface area (Å²) in [4.78, 5) is 5.42. The quantitative estimate of drug-likeness (QED) is 0.792. The van der Waals surface area contributed by atoms with Crippen molar-refractivity contribution in [3.63, 3.8) is 0 Å². The van der Waals surface area contributed by atoms with E-state index in [1.807, 2.05) is 25.1 Å². The molecule has 3 nitrogen and oxygen atoms in total. The van der Waals surface area contributed by atoms with E-state index < -0.39 is 11.9 Å². The molecule has 0 bridgehead atoms. The number of thioether (sulfide) groups is 1. The van der Waals surface area contributed by atoms with Crippen LogP contribution in [0.15, 0.2) is 17.2 Å². The van der Waals surface area contributed by atoms with Gasteiger partial charge in [0, 0.05) is 12.3 Å². The highest BCUT2D eigenvalue weighted by Crippen LogP contribution is 2.30. The molecule has 1 aromatic heterocycles. The predicted octanol–water partition coefficient (Wildman–Crippen LogP) is 2.63. The molecule has 0 radical (unpaired) electrons. The molecule has 0 fully saturated rings. The highest BCUT2D eigenvalue weighted by Gasteiger charge is 2.33. The second-order valence-corrected chi connectivity index (χ2v) is 4.89. The molecule has 0 aliphatic heterocycles. The fourth-order valence-corrected chi connectivity index (χ4v) is 2.20. The van der Waals surface area contributed by atoms with Crippen molar-refractivity contribution in [2.75, 3.05) is 26.4 Å². The number of aromatic nitrogens is 1. The summed E-state index contributed by atoms with van der Waals surface area (Å²) in [5.41, 5.74) is -0.791. The van der Waals surface area contributed by atoms with E-state index in [9.17, 15) is 13.2 Å². The van der Waals surface area contributed by atoms with E-state index in [2.05, 4.69) is 4.98 Å². The van der Waals surface area contributed by atoms with Gasteiger partial charge in [-0.15, -0.1) is 11.8 Å². The summed E-state index contributed by atoms with van der Waals surface area (Å²) in [5, 5.41) is 8.96. The standard InChI is InChI=1S/C11H12F3N3S/c1-17(2)5-6-18-10-8(7-15)3-4-9(16-10)11(12,13)14/h3-4H,5-6H2,1-2H3. The third-order valence-electron chi connectivity index (χ3n) is 2.05. The van der Waals surface area contributed by atoms with Gasteiger partial charge in [-0.3, -0.25) is 0 Å². The first-order chi connectivity index (χ1) is 8.34. The maximum atomic E-state index is 12.5. The van der Waals surface area contributed by atoms with Gasteiger partial charge in [0.2, 0.25) is 0 Å². The number of nitriles is 1. The Morgan fingerprint density at radius 3 is 2.56 bits per heavy atom. The van der Waals surface area contributed by atoms with Crippen LogP contribution in [0.4, 0.5) is 13.2 Å². The number of alkyl halides is 3. The monoisotopic (exact) mass is 275 g/mol. The minimum Gasteiger partial charge on any atom is -0.309 e. The van der Waals surface area contributed by atoms with E-state index in [-0.39, 0.29) is 10.6 Å². The summed E-state index contributed by atoms with van der Waals surface area (Å²) < 4.78 is 37.5. The molecule has 0 atom stereocenters. The van der Waals surface area contributed by atoms with Crippen molar-refractivity contribution >= 4 is 11.8 Å². The third-order valence-corrected chi connectivity index (χ3v) is 3.02. The van der Waals surface area contributed by atoms with Crippen LogP contribution in [0, 0.1) is 11.3 Å². The van der Waals surface area contributed by atoms with Gasteiger partial charge in [-0.05, 0) is 26.2 Å². The zero-order chi connectivity index (χ0) is 13.8. The summed E-state index contributed by atoms with van der Waals surface area (Å²) in [7, 11) is 3.73. The van der Waals surface area contributed by atoms with Crippen molar-refractivity contribution in [1.82, 2.24) is 9.88 Å². The smallest absolute Gasteiger partial charge is 0.309 e. The van der Waals surface area contributed by atoms with Gasteiger partial charge in [0.15, 0.2) is 0 Å². The fraction of sp³-hybridized carbons (Fsp3) is 0.455. The van der Waals surface area contributed by atoms with Crippen molar-refractivity contribution in [3.05, 3.63) is 23.4 Å². The van der Waals surface area contributed by atoms with Crippen LogP contribution in [-0.4, -0.2) is 36.3 Å². The Bertz CT molecular complexity index is 452. The lowest BCUT2D eigenvalue weighted by Gasteiger charge is -2.11. The Labute approximate surface area is 108 Å². The number of hydrogen-bond donors (Lipinski definition) is 0. The lowest BCUT2D eigenvalue weighted by Crippen LogP contribution is -2.15. The number of hydrogen-bond acceptors (Lipinski definition) is 4. The van der Waals surface area contributed by atoms with Gasteiger partial charge in [0.05, 0.1) is 5.56 Å². The van der Waals surface area contributed by atoms with Gasteiger partial charge in [-0.1, -0.05) is 0 Å². The van der Waals surface area contributed by atoms with E-state index in [0.29, 0.717) is 12.3 Å². The molecule has 0 aliphatic carbocycles. The van der Waals surface area contributed by atoms with Crippen molar-refractivity contribution < 1.29 is 13.2 Å². The molecule has 0 spiro atoms. The van der Waals surface area contributed by atoms with Crippen LogP contribution in [-0.2, 0) is 6.18 Å². The van der Waals surface area contributed by atoms with E-state index in [1.54, 1.807) is 0 Å². The molecule has 1 aromatic rings. The first kappa shape index (κ1) is 14.8. The molecule has 0 amide bonds. The molecule has 7 heteroatoms. The van der Waals surface area contributed by atoms with Crippen LogP contribution < -0.4 is 0 Å². The summed E-state index contributed by atoms with van der Waals surface area (Å²) in [5.74, 6) is 0.579. The largest absolute Gasteiger partial charge is 0.433 e. The van der Waals surface area contributed by atoms with Crippen LogP contribution in [0.1, 0.15) is 11.3 Å². The van der Waals surface area contributed by atoms with E-state index in [0.717, 1.165) is 23.9 Å². The molecule has 0 aliphatic rings. The average molecular weight is 275 g/mol. The Balaban J connectivity index is 2.90. The second kappa shape index (κ2) is 6.07. The van der Waals surface area contributed by atoms with Crippen molar-refractivity contribution in [2.45, 2.75) is 11.2 Å². The highest BCUT2D eigenvalue weighted by molar-refractivity contribution is 7.99. The number of nitrogens with zero attached hydrogens (tertiary/aromatic N) is 3. The van der Waals surface area contributed by atoms with Crippen molar-refractivity contribution in [2.24, 2.45) is 0 Å². The SMILES string of the molecule is CN(C)CCSc1nc(C(F)(F)F)ccc1C#N. The van der Waals surface area contributed by atoms with Crippen molar-refractivity contribution in [3.8, 4) is 6.07 Å². The summed E-state index contributed by atoms with van der Waals surface area (Å²) in [6, 6.07) is 3.84. The average Bonchev–Trinajstić information content (AvgIpc) is 2.27. The maximum Gasteiger partial charge on any atom is 0.433 e. The minimum absolute atomic E-state index is 0.133. The van der Waals surface area contributed by atoms with Crippen LogP contribution >= 0.6 is 11.8 Å².